The maximum absolute atomic E-state index is 14.9. The maximum atomic E-state index is 14.9. The van der Waals surface area contributed by atoms with Crippen LogP contribution in [0.5, 0.6) is 0 Å². The number of nitrogens with zero attached hydrogens (tertiary/aromatic N) is 10. The zero-order valence-corrected chi connectivity index (χ0v) is 44.3. The first kappa shape index (κ1) is 60.7. The highest BCUT2D eigenvalue weighted by atomic mass is 31.2. The van der Waals surface area contributed by atoms with Crippen LogP contribution in [0, 0.1) is 0 Å². The summed E-state index contributed by atoms with van der Waals surface area (Å²) in [5.74, 6) is -0.506. The van der Waals surface area contributed by atoms with E-state index in [1.165, 1.54) is 12.7 Å². The van der Waals surface area contributed by atoms with Crippen molar-refractivity contribution in [2.24, 2.45) is 14.1 Å². The maximum Gasteiger partial charge on any atom is 0.476 e. The van der Waals surface area contributed by atoms with Crippen molar-refractivity contribution in [3.63, 3.8) is 0 Å². The van der Waals surface area contributed by atoms with Crippen molar-refractivity contribution >= 4 is 7.82 Å². The van der Waals surface area contributed by atoms with E-state index in [0.29, 0.717) is 6.54 Å². The minimum Gasteiger partial charge on any atom is -0.383 e. The number of halogens is 4. The zero-order chi connectivity index (χ0) is 51.4. The molecule has 0 radical (unpaired) electrons. The number of aliphatic hydroxyl groups is 1. The summed E-state index contributed by atoms with van der Waals surface area (Å²) in [5.41, 5.74) is 7.15. The molecule has 0 bridgehead atoms. The van der Waals surface area contributed by atoms with Gasteiger partial charge in [0.1, 0.15) is 36.5 Å². The Morgan fingerprint density at radius 3 is 1.29 bits per heavy atom. The van der Waals surface area contributed by atoms with E-state index in [9.17, 15) is 9.67 Å². The fourth-order valence-electron chi connectivity index (χ4n) is 9.17. The smallest absolute Gasteiger partial charge is 0.383 e. The van der Waals surface area contributed by atoms with Crippen LogP contribution in [0.1, 0.15) is 59.1 Å². The number of benzene rings is 6. The van der Waals surface area contributed by atoms with E-state index in [1.54, 1.807) is 34.4 Å². The van der Waals surface area contributed by atoms with Crippen LogP contribution in [-0.2, 0) is 69.7 Å². The van der Waals surface area contributed by atoms with Crippen LogP contribution >= 0.6 is 7.82 Å². The fraction of sp³-hybridized carbons (Fsp3) is 0.207. The van der Waals surface area contributed by atoms with Crippen LogP contribution in [0.2, 0.25) is 0 Å². The van der Waals surface area contributed by atoms with Gasteiger partial charge in [0.25, 0.3) is 0 Å². The molecule has 0 aliphatic heterocycles. The molecule has 0 spiro atoms. The van der Waals surface area contributed by atoms with E-state index in [4.69, 9.17) is 13.6 Å². The van der Waals surface area contributed by atoms with Crippen LogP contribution < -0.4 is 0 Å². The quantitative estimate of drug-likeness (QED) is 0.0571. The van der Waals surface area contributed by atoms with Crippen LogP contribution in [0.15, 0.2) is 220 Å². The van der Waals surface area contributed by atoms with Crippen molar-refractivity contribution < 1.29 is 42.1 Å². The Labute approximate surface area is 450 Å². The molecule has 78 heavy (non-hydrogen) atoms. The van der Waals surface area contributed by atoms with Gasteiger partial charge in [0.2, 0.25) is 0 Å². The molecule has 6 aromatic carbocycles. The summed E-state index contributed by atoms with van der Waals surface area (Å²) in [6.07, 6.45) is 9.78. The molecule has 0 saturated heterocycles. The summed E-state index contributed by atoms with van der Waals surface area (Å²) in [4.78, 5) is 8.20. The Balaban J connectivity index is 0.000000303. The first-order valence-electron chi connectivity index (χ1n) is 24.3. The Morgan fingerprint density at radius 1 is 0.500 bits per heavy atom. The van der Waals surface area contributed by atoms with Crippen molar-refractivity contribution in [3.8, 4) is 22.5 Å². The van der Waals surface area contributed by atoms with E-state index in [-0.39, 0.29) is 50.4 Å². The van der Waals surface area contributed by atoms with Gasteiger partial charge in [-0.15, -0.1) is 0 Å². The summed E-state index contributed by atoms with van der Waals surface area (Å²) in [5, 5.41) is 28.9. The largest absolute Gasteiger partial charge is 0.476 e. The molecule has 4 atom stereocenters. The van der Waals surface area contributed by atoms with E-state index < -0.39 is 19.0 Å². The Kier molecular flexibility index (Phi) is 21.6. The van der Waals surface area contributed by atoms with Gasteiger partial charge in [-0.25, -0.2) is 23.9 Å². The molecule has 10 rings (SSSR count). The molecule has 0 fully saturated rings. The van der Waals surface area contributed by atoms with Gasteiger partial charge in [-0.3, -0.25) is 41.8 Å². The standard InChI is InChI=1S/C36H36N5O4P.C22H23N5O.4FH/c1-29(32-18-20-33(21-19-32)35-22-23-38-40(35)2)36(26-41-28-37-27-39-41,34-16-10-5-11-17-34)45-46(42,43-24-30-12-6-3-7-13-30)44-25-31-14-8-4-9-15-31;1-17(18-8-10-19(11-9-18)21-12-13-24-26(21)2)22(28,14-27-16-23-15-25-27)20-6-4-3-5-7-20;;;;/h3-23,27-29H,24-26H2,1-2H3;3-13,15-17,28H,14H2,1-2H3;4*1H/t29-,36+;17-,22+;;;;/m00..../s1. The van der Waals surface area contributed by atoms with Crippen LogP contribution in [-0.4, -0.2) is 54.2 Å². The van der Waals surface area contributed by atoms with Crippen LogP contribution in [0.3, 0.4) is 0 Å². The molecule has 0 aliphatic rings. The van der Waals surface area contributed by atoms with Crippen molar-refractivity contribution in [1.29, 1.82) is 0 Å². The van der Waals surface area contributed by atoms with E-state index in [0.717, 1.165) is 55.9 Å². The predicted octanol–water partition coefficient (Wildman–Crippen LogP) is 11.9. The third kappa shape index (κ3) is 14.2. The second-order valence-electron chi connectivity index (χ2n) is 18.2. The molecular formula is C58H63F4N10O5P. The Bertz CT molecular complexity index is 3280. The third-order valence-corrected chi connectivity index (χ3v) is 14.9. The highest BCUT2D eigenvalue weighted by Gasteiger charge is 2.48. The van der Waals surface area contributed by atoms with Crippen molar-refractivity contribution in [2.75, 3.05) is 0 Å². The molecule has 0 amide bonds. The molecule has 15 nitrogen and oxygen atoms in total. The highest BCUT2D eigenvalue weighted by molar-refractivity contribution is 7.48. The van der Waals surface area contributed by atoms with E-state index in [1.807, 2.05) is 164 Å². The Hall–Kier alpha value is -8.19. The fourth-order valence-corrected chi connectivity index (χ4v) is 10.7. The minimum atomic E-state index is -4.26. The predicted molar refractivity (Wildman–Crippen MR) is 294 cm³/mol. The second kappa shape index (κ2) is 27.7. The zero-order valence-electron chi connectivity index (χ0n) is 43.4. The van der Waals surface area contributed by atoms with Gasteiger partial charge in [-0.05, 0) is 56.6 Å². The molecule has 408 valence electrons. The number of phosphoric ester groups is 1. The first-order chi connectivity index (χ1) is 36.0. The van der Waals surface area contributed by atoms with E-state index >= 15 is 0 Å². The third-order valence-electron chi connectivity index (χ3n) is 13.5. The average Bonchev–Trinajstić information content (AvgIpc) is 4.33. The van der Waals surface area contributed by atoms with E-state index in [2.05, 4.69) is 85.8 Å². The average molecular weight is 1090 g/mol. The summed E-state index contributed by atoms with van der Waals surface area (Å²) < 4.78 is 41.2. The number of hydrogen-bond donors (Lipinski definition) is 1. The van der Waals surface area contributed by atoms with Crippen molar-refractivity contribution in [2.45, 2.75) is 63.2 Å². The van der Waals surface area contributed by atoms with Crippen LogP contribution in [0.25, 0.3) is 22.5 Å². The SMILES string of the molecule is C[C@@H](c1ccc(-c2ccnn2C)cc1)[C@@](Cn1cncn1)(OP(=O)(OCc1ccccc1)OCc1ccccc1)c1ccccc1.C[C@@H](c1ccc(-c2ccnn2C)cc1)[C@](O)(Cn1cncn1)c1ccccc1.F.F.F.F. The second-order valence-corrected chi connectivity index (χ2v) is 19.7. The molecule has 0 saturated carbocycles. The molecule has 10 aromatic rings. The van der Waals surface area contributed by atoms with Gasteiger partial charge in [-0.1, -0.05) is 184 Å². The van der Waals surface area contributed by atoms with Gasteiger partial charge < -0.3 is 5.11 Å². The molecule has 4 heterocycles. The molecule has 4 aromatic heterocycles. The van der Waals surface area contributed by atoms with Crippen molar-refractivity contribution in [3.05, 3.63) is 253 Å². The van der Waals surface area contributed by atoms with Gasteiger partial charge in [0.05, 0.1) is 37.7 Å². The lowest BCUT2D eigenvalue weighted by Crippen LogP contribution is -2.40. The van der Waals surface area contributed by atoms with Gasteiger partial charge in [-0.2, -0.15) is 20.4 Å². The minimum absolute atomic E-state index is 0. The first-order valence-corrected chi connectivity index (χ1v) is 25.8. The summed E-state index contributed by atoms with van der Waals surface area (Å²) in [6, 6.07) is 59.1. The normalized spacial score (nSPS) is 13.3. The molecule has 1 N–H and O–H groups in total. The Morgan fingerprint density at radius 2 is 0.897 bits per heavy atom. The number of aromatic nitrogens is 10. The number of aryl methyl sites for hydroxylation is 2. The lowest BCUT2D eigenvalue weighted by atomic mass is 9.78. The van der Waals surface area contributed by atoms with Crippen molar-refractivity contribution in [1.82, 2.24) is 49.1 Å². The number of phosphoric acid groups is 1. The van der Waals surface area contributed by atoms with Gasteiger partial charge in [0, 0.05) is 38.3 Å². The van der Waals surface area contributed by atoms with Gasteiger partial charge in [0.15, 0.2) is 0 Å². The van der Waals surface area contributed by atoms with Crippen LogP contribution in [0.4, 0.5) is 18.8 Å². The molecule has 20 heteroatoms. The topological polar surface area (TPSA) is 162 Å². The lowest BCUT2D eigenvalue weighted by molar-refractivity contribution is -0.0291. The molecule has 0 unspecified atom stereocenters. The highest BCUT2D eigenvalue weighted by Crippen LogP contribution is 2.59. The monoisotopic (exact) mass is 1090 g/mol. The lowest BCUT2D eigenvalue weighted by Gasteiger charge is -2.41. The number of hydrogen-bond acceptors (Lipinski definition) is 11. The van der Waals surface area contributed by atoms with Gasteiger partial charge >= 0.3 is 7.82 Å². The summed E-state index contributed by atoms with van der Waals surface area (Å²) >= 11 is 0. The summed E-state index contributed by atoms with van der Waals surface area (Å²) in [7, 11) is -0.413. The number of rotatable bonds is 20. The molecular weight excluding hydrogens is 1020 g/mol. The molecule has 0 aliphatic carbocycles. The summed E-state index contributed by atoms with van der Waals surface area (Å²) in [6.45, 7) is 4.69.